The zero-order valence-electron chi connectivity index (χ0n) is 13.9. The number of hydrogen-bond acceptors (Lipinski definition) is 2. The molecule has 118 valence electrons. The van der Waals surface area contributed by atoms with E-state index in [1.54, 1.807) is 18.7 Å². The van der Waals surface area contributed by atoms with E-state index in [-0.39, 0.29) is 6.03 Å². The van der Waals surface area contributed by atoms with Crippen LogP contribution in [0.15, 0.2) is 18.2 Å². The Morgan fingerprint density at radius 3 is 2.10 bits per heavy atom. The lowest BCUT2D eigenvalue weighted by Crippen LogP contribution is -2.44. The summed E-state index contributed by atoms with van der Waals surface area (Å²) in [5.41, 5.74) is 2.30. The highest BCUT2D eigenvalue weighted by atomic mass is 16.3. The third kappa shape index (κ3) is 5.05. The van der Waals surface area contributed by atoms with Gasteiger partial charge in [-0.1, -0.05) is 32.0 Å². The van der Waals surface area contributed by atoms with Crippen molar-refractivity contribution in [1.29, 1.82) is 0 Å². The third-order valence-corrected chi connectivity index (χ3v) is 3.48. The predicted octanol–water partition coefficient (Wildman–Crippen LogP) is 3.44. The van der Waals surface area contributed by atoms with Crippen LogP contribution < -0.4 is 5.32 Å². The van der Waals surface area contributed by atoms with Crippen molar-refractivity contribution in [2.24, 2.45) is 0 Å². The lowest BCUT2D eigenvalue weighted by Gasteiger charge is -2.29. The number of likely N-dealkylation sites (N-methyl/N-ethyl adjacent to an activating group) is 1. The Bertz CT molecular complexity index is 456. The normalized spacial score (nSPS) is 11.3. The van der Waals surface area contributed by atoms with E-state index in [1.807, 2.05) is 25.1 Å². The molecule has 0 aromatic heterocycles. The molecule has 0 unspecified atom stereocenters. The molecule has 0 spiro atoms. The van der Waals surface area contributed by atoms with Gasteiger partial charge in [0.2, 0.25) is 0 Å². The highest BCUT2D eigenvalue weighted by molar-refractivity contribution is 5.91. The van der Waals surface area contributed by atoms with Crippen LogP contribution in [-0.4, -0.2) is 34.7 Å². The van der Waals surface area contributed by atoms with E-state index in [2.05, 4.69) is 19.2 Å². The Balaban J connectivity index is 2.96. The lowest BCUT2D eigenvalue weighted by molar-refractivity contribution is 0.0501. The Morgan fingerprint density at radius 1 is 1.19 bits per heavy atom. The summed E-state index contributed by atoms with van der Waals surface area (Å²) in [6.07, 6.45) is 1.75. The average Bonchev–Trinajstić information content (AvgIpc) is 2.43. The van der Waals surface area contributed by atoms with Crippen LogP contribution in [0.1, 0.15) is 45.7 Å². The van der Waals surface area contributed by atoms with Crippen LogP contribution in [-0.2, 0) is 12.8 Å². The van der Waals surface area contributed by atoms with Crippen LogP contribution in [0.25, 0.3) is 0 Å². The largest absolute Gasteiger partial charge is 0.389 e. The van der Waals surface area contributed by atoms with Gasteiger partial charge in [-0.3, -0.25) is 0 Å². The van der Waals surface area contributed by atoms with Crippen molar-refractivity contribution in [3.8, 4) is 0 Å². The van der Waals surface area contributed by atoms with E-state index in [1.165, 1.54) is 0 Å². The molecule has 21 heavy (non-hydrogen) atoms. The van der Waals surface area contributed by atoms with Crippen molar-refractivity contribution in [2.75, 3.05) is 18.4 Å². The molecule has 0 atom stereocenters. The molecule has 0 saturated heterocycles. The van der Waals surface area contributed by atoms with Gasteiger partial charge in [0.25, 0.3) is 0 Å². The van der Waals surface area contributed by atoms with E-state index >= 15 is 0 Å². The SMILES string of the molecule is CCc1cccc(CC)c1NC(=O)N(CC)CC(C)(C)O. The monoisotopic (exact) mass is 292 g/mol. The van der Waals surface area contributed by atoms with Crippen LogP contribution >= 0.6 is 0 Å². The maximum absolute atomic E-state index is 12.5. The number of aryl methyl sites for hydroxylation is 2. The van der Waals surface area contributed by atoms with Crippen LogP contribution in [0.2, 0.25) is 0 Å². The fraction of sp³-hybridized carbons (Fsp3) is 0.588. The summed E-state index contributed by atoms with van der Waals surface area (Å²) in [5.74, 6) is 0. The molecule has 0 bridgehead atoms. The maximum atomic E-state index is 12.5. The molecular weight excluding hydrogens is 264 g/mol. The second-order valence-electron chi connectivity index (χ2n) is 5.92. The molecule has 0 aliphatic carbocycles. The molecule has 1 aromatic rings. The molecule has 4 heteroatoms. The maximum Gasteiger partial charge on any atom is 0.321 e. The molecule has 2 amide bonds. The van der Waals surface area contributed by atoms with Gasteiger partial charge in [0.1, 0.15) is 0 Å². The van der Waals surface area contributed by atoms with Gasteiger partial charge >= 0.3 is 6.03 Å². The van der Waals surface area contributed by atoms with Gasteiger partial charge < -0.3 is 15.3 Å². The fourth-order valence-corrected chi connectivity index (χ4v) is 2.38. The number of amides is 2. The number of benzene rings is 1. The summed E-state index contributed by atoms with van der Waals surface area (Å²) >= 11 is 0. The smallest absolute Gasteiger partial charge is 0.321 e. The van der Waals surface area contributed by atoms with Crippen molar-refractivity contribution < 1.29 is 9.90 Å². The lowest BCUT2D eigenvalue weighted by atomic mass is 10.0. The highest BCUT2D eigenvalue weighted by Crippen LogP contribution is 2.23. The van der Waals surface area contributed by atoms with Crippen LogP contribution in [0.3, 0.4) is 0 Å². The van der Waals surface area contributed by atoms with Gasteiger partial charge in [0.05, 0.1) is 12.1 Å². The van der Waals surface area contributed by atoms with E-state index < -0.39 is 5.60 Å². The number of para-hydroxylation sites is 1. The average molecular weight is 292 g/mol. The summed E-state index contributed by atoms with van der Waals surface area (Å²) in [4.78, 5) is 14.1. The van der Waals surface area contributed by atoms with E-state index in [9.17, 15) is 9.90 Å². The molecule has 1 rings (SSSR count). The summed E-state index contributed by atoms with van der Waals surface area (Å²) < 4.78 is 0. The number of nitrogens with zero attached hydrogens (tertiary/aromatic N) is 1. The topological polar surface area (TPSA) is 52.6 Å². The summed E-state index contributed by atoms with van der Waals surface area (Å²) in [6, 6.07) is 5.96. The molecule has 0 heterocycles. The van der Waals surface area contributed by atoms with Crippen molar-refractivity contribution in [2.45, 2.75) is 53.1 Å². The number of rotatable bonds is 6. The molecule has 0 fully saturated rings. The zero-order chi connectivity index (χ0) is 16.0. The second-order valence-corrected chi connectivity index (χ2v) is 5.92. The standard InChI is InChI=1S/C17H28N2O2/c1-6-13-10-9-11-14(7-2)15(13)18-16(20)19(8-3)12-17(4,5)21/h9-11,21H,6-8,12H2,1-5H3,(H,18,20). The number of hydrogen-bond donors (Lipinski definition) is 2. The highest BCUT2D eigenvalue weighted by Gasteiger charge is 2.22. The van der Waals surface area contributed by atoms with Gasteiger partial charge in [-0.05, 0) is 44.7 Å². The van der Waals surface area contributed by atoms with Gasteiger partial charge in [0.15, 0.2) is 0 Å². The molecule has 0 aliphatic heterocycles. The summed E-state index contributed by atoms with van der Waals surface area (Å²) in [6.45, 7) is 10.4. The minimum atomic E-state index is -0.898. The molecule has 4 nitrogen and oxygen atoms in total. The van der Waals surface area contributed by atoms with E-state index in [4.69, 9.17) is 0 Å². The first kappa shape index (κ1) is 17.5. The van der Waals surface area contributed by atoms with Crippen LogP contribution in [0.5, 0.6) is 0 Å². The minimum Gasteiger partial charge on any atom is -0.389 e. The van der Waals surface area contributed by atoms with Gasteiger partial charge in [-0.15, -0.1) is 0 Å². The Kier molecular flexibility index (Phi) is 6.21. The molecule has 0 aliphatic rings. The zero-order valence-corrected chi connectivity index (χ0v) is 13.9. The summed E-state index contributed by atoms with van der Waals surface area (Å²) in [7, 11) is 0. The van der Waals surface area contributed by atoms with Crippen molar-refractivity contribution in [3.63, 3.8) is 0 Å². The third-order valence-electron chi connectivity index (χ3n) is 3.48. The fourth-order valence-electron chi connectivity index (χ4n) is 2.38. The Morgan fingerprint density at radius 2 is 1.71 bits per heavy atom. The first-order valence-electron chi connectivity index (χ1n) is 7.71. The molecule has 0 radical (unpaired) electrons. The predicted molar refractivity (Wildman–Crippen MR) is 87.8 cm³/mol. The molecular formula is C17H28N2O2. The van der Waals surface area contributed by atoms with Crippen LogP contribution in [0.4, 0.5) is 10.5 Å². The number of carbonyl (C=O) groups is 1. The second kappa shape index (κ2) is 7.46. The molecule has 0 saturated carbocycles. The quantitative estimate of drug-likeness (QED) is 0.844. The minimum absolute atomic E-state index is 0.157. The van der Waals surface area contributed by atoms with Crippen molar-refractivity contribution in [1.82, 2.24) is 4.90 Å². The van der Waals surface area contributed by atoms with Gasteiger partial charge in [-0.25, -0.2) is 4.79 Å². The van der Waals surface area contributed by atoms with Gasteiger partial charge in [-0.2, -0.15) is 0 Å². The first-order valence-corrected chi connectivity index (χ1v) is 7.71. The first-order chi connectivity index (χ1) is 9.82. The van der Waals surface area contributed by atoms with Gasteiger partial charge in [0, 0.05) is 12.2 Å². The van der Waals surface area contributed by atoms with Crippen LogP contribution in [0, 0.1) is 0 Å². The number of urea groups is 1. The molecule has 2 N–H and O–H groups in total. The number of carbonyl (C=O) groups excluding carboxylic acids is 1. The Hall–Kier alpha value is -1.55. The Labute approximate surface area is 128 Å². The van der Waals surface area contributed by atoms with E-state index in [0.29, 0.717) is 13.1 Å². The summed E-state index contributed by atoms with van der Waals surface area (Å²) in [5, 5.41) is 12.9. The number of nitrogens with one attached hydrogen (secondary N) is 1. The number of aliphatic hydroxyl groups is 1. The number of anilines is 1. The van der Waals surface area contributed by atoms with E-state index in [0.717, 1.165) is 29.7 Å². The van der Waals surface area contributed by atoms with Crippen molar-refractivity contribution in [3.05, 3.63) is 29.3 Å². The molecule has 1 aromatic carbocycles. The van der Waals surface area contributed by atoms with Crippen molar-refractivity contribution >= 4 is 11.7 Å².